The fourth-order valence-corrected chi connectivity index (χ4v) is 1.27. The van der Waals surface area contributed by atoms with Gasteiger partial charge in [-0.3, -0.25) is 9.59 Å². The topological polar surface area (TPSA) is 62.0 Å². The van der Waals surface area contributed by atoms with E-state index in [0.717, 1.165) is 19.3 Å². The number of H-pyrrole nitrogens is 1. The average molecular weight is 208 g/mol. The van der Waals surface area contributed by atoms with Gasteiger partial charge in [-0.25, -0.2) is 0 Å². The summed E-state index contributed by atoms with van der Waals surface area (Å²) in [5.41, 5.74) is -0.0734. The van der Waals surface area contributed by atoms with E-state index in [1.165, 1.54) is 18.5 Å². The average Bonchev–Trinajstić information content (AvgIpc) is 2.25. The molecule has 4 nitrogen and oxygen atoms in total. The second-order valence-electron chi connectivity index (χ2n) is 3.39. The monoisotopic (exact) mass is 208 g/mol. The molecule has 0 spiro atoms. The second kappa shape index (κ2) is 6.01. The molecule has 0 fully saturated rings. The molecule has 1 aromatic rings. The van der Waals surface area contributed by atoms with E-state index in [-0.39, 0.29) is 16.9 Å². The summed E-state index contributed by atoms with van der Waals surface area (Å²) >= 11 is 0. The molecule has 0 radical (unpaired) electrons. The first-order chi connectivity index (χ1) is 7.25. The summed E-state index contributed by atoms with van der Waals surface area (Å²) in [5, 5.41) is 2.72. The summed E-state index contributed by atoms with van der Waals surface area (Å²) < 4.78 is 0. The molecule has 0 aromatic carbocycles. The highest BCUT2D eigenvalue weighted by atomic mass is 16.2. The predicted molar refractivity (Wildman–Crippen MR) is 58.9 cm³/mol. The zero-order valence-electron chi connectivity index (χ0n) is 8.88. The summed E-state index contributed by atoms with van der Waals surface area (Å²) in [5.74, 6) is -0.298. The highest BCUT2D eigenvalue weighted by molar-refractivity contribution is 5.93. The summed E-state index contributed by atoms with van der Waals surface area (Å²) in [6.45, 7) is 2.73. The van der Waals surface area contributed by atoms with Crippen LogP contribution >= 0.6 is 0 Å². The minimum Gasteiger partial charge on any atom is -0.367 e. The van der Waals surface area contributed by atoms with E-state index in [1.54, 1.807) is 0 Å². The molecule has 0 aliphatic carbocycles. The van der Waals surface area contributed by atoms with Crippen LogP contribution in [0.4, 0.5) is 0 Å². The molecule has 0 saturated heterocycles. The summed E-state index contributed by atoms with van der Waals surface area (Å²) in [7, 11) is 0. The zero-order valence-corrected chi connectivity index (χ0v) is 8.88. The Labute approximate surface area is 88.7 Å². The smallest absolute Gasteiger partial charge is 0.256 e. The van der Waals surface area contributed by atoms with Crippen LogP contribution in [0.2, 0.25) is 0 Å². The van der Waals surface area contributed by atoms with Gasteiger partial charge in [0.2, 0.25) is 0 Å². The zero-order chi connectivity index (χ0) is 11.1. The predicted octanol–water partition coefficient (Wildman–Crippen LogP) is 1.29. The van der Waals surface area contributed by atoms with Crippen LogP contribution in [0.25, 0.3) is 0 Å². The summed E-state index contributed by atoms with van der Waals surface area (Å²) in [4.78, 5) is 25.5. The number of rotatable bonds is 5. The molecule has 1 heterocycles. The van der Waals surface area contributed by atoms with Crippen molar-refractivity contribution in [1.82, 2.24) is 10.3 Å². The molecule has 0 unspecified atom stereocenters. The Morgan fingerprint density at radius 2 is 2.27 bits per heavy atom. The summed E-state index contributed by atoms with van der Waals surface area (Å²) in [6, 6.07) is 1.35. The number of aromatic amines is 1. The lowest BCUT2D eigenvalue weighted by atomic mass is 10.2. The lowest BCUT2D eigenvalue weighted by Crippen LogP contribution is -2.29. The quantitative estimate of drug-likeness (QED) is 0.716. The minimum absolute atomic E-state index is 0.175. The number of hydrogen-bond acceptors (Lipinski definition) is 2. The number of carbonyl (C=O) groups is 1. The standard InChI is InChI=1S/C11H16N2O2/c1-2-3-4-6-13-11(15)9-8-12-7-5-10(9)14/h5,7-8H,2-4,6H2,1H3,(H,12,14)(H,13,15). The van der Waals surface area contributed by atoms with Gasteiger partial charge >= 0.3 is 0 Å². The van der Waals surface area contributed by atoms with Gasteiger partial charge in [-0.1, -0.05) is 19.8 Å². The molecule has 0 aliphatic rings. The van der Waals surface area contributed by atoms with Crippen LogP contribution in [0, 0.1) is 0 Å². The third-order valence-electron chi connectivity index (χ3n) is 2.13. The molecular formula is C11H16N2O2. The highest BCUT2D eigenvalue weighted by Crippen LogP contribution is 1.93. The van der Waals surface area contributed by atoms with Gasteiger partial charge in [0.05, 0.1) is 0 Å². The fourth-order valence-electron chi connectivity index (χ4n) is 1.27. The largest absolute Gasteiger partial charge is 0.367 e. The van der Waals surface area contributed by atoms with Crippen molar-refractivity contribution in [3.63, 3.8) is 0 Å². The number of carbonyl (C=O) groups excluding carboxylic acids is 1. The van der Waals surface area contributed by atoms with E-state index in [1.807, 2.05) is 0 Å². The van der Waals surface area contributed by atoms with Gasteiger partial charge in [-0.05, 0) is 6.42 Å². The van der Waals surface area contributed by atoms with E-state index in [9.17, 15) is 9.59 Å². The summed E-state index contributed by atoms with van der Waals surface area (Å²) in [6.07, 6.45) is 6.09. The third kappa shape index (κ3) is 3.58. The van der Waals surface area contributed by atoms with Crippen LogP contribution in [-0.2, 0) is 0 Å². The van der Waals surface area contributed by atoms with E-state index < -0.39 is 0 Å². The molecule has 1 amide bonds. The maximum Gasteiger partial charge on any atom is 0.256 e. The van der Waals surface area contributed by atoms with Crippen LogP contribution in [0.5, 0.6) is 0 Å². The van der Waals surface area contributed by atoms with Crippen molar-refractivity contribution in [2.24, 2.45) is 0 Å². The van der Waals surface area contributed by atoms with E-state index in [4.69, 9.17) is 0 Å². The van der Waals surface area contributed by atoms with Gasteiger partial charge in [0.25, 0.3) is 5.91 Å². The van der Waals surface area contributed by atoms with Crippen LogP contribution in [0.3, 0.4) is 0 Å². The molecule has 15 heavy (non-hydrogen) atoms. The van der Waals surface area contributed by atoms with E-state index in [2.05, 4.69) is 17.2 Å². The number of pyridine rings is 1. The molecule has 4 heteroatoms. The van der Waals surface area contributed by atoms with Crippen molar-refractivity contribution in [3.05, 3.63) is 34.2 Å². The second-order valence-corrected chi connectivity index (χ2v) is 3.39. The van der Waals surface area contributed by atoms with Crippen molar-refractivity contribution in [2.45, 2.75) is 26.2 Å². The molecule has 0 atom stereocenters. The fraction of sp³-hybridized carbons (Fsp3) is 0.455. The highest BCUT2D eigenvalue weighted by Gasteiger charge is 2.07. The molecular weight excluding hydrogens is 192 g/mol. The molecule has 0 saturated carbocycles. The Morgan fingerprint density at radius 1 is 1.47 bits per heavy atom. The first-order valence-electron chi connectivity index (χ1n) is 5.21. The number of unbranched alkanes of at least 4 members (excludes halogenated alkanes) is 2. The van der Waals surface area contributed by atoms with Crippen molar-refractivity contribution in [1.29, 1.82) is 0 Å². The van der Waals surface area contributed by atoms with Gasteiger partial charge in [0.15, 0.2) is 5.43 Å². The van der Waals surface area contributed by atoms with Crippen molar-refractivity contribution in [3.8, 4) is 0 Å². The number of hydrogen-bond donors (Lipinski definition) is 2. The SMILES string of the molecule is CCCCCNC(=O)c1c[nH]ccc1=O. The maximum atomic E-state index is 11.5. The maximum absolute atomic E-state index is 11.5. The van der Waals surface area contributed by atoms with E-state index in [0.29, 0.717) is 6.54 Å². The first-order valence-corrected chi connectivity index (χ1v) is 5.21. The first kappa shape index (κ1) is 11.5. The Morgan fingerprint density at radius 3 is 2.93 bits per heavy atom. The normalized spacial score (nSPS) is 9.93. The van der Waals surface area contributed by atoms with Crippen LogP contribution < -0.4 is 10.7 Å². The van der Waals surface area contributed by atoms with Crippen LogP contribution in [0.15, 0.2) is 23.3 Å². The van der Waals surface area contributed by atoms with Gasteiger partial charge in [-0.15, -0.1) is 0 Å². The van der Waals surface area contributed by atoms with Gasteiger partial charge < -0.3 is 10.3 Å². The molecule has 1 rings (SSSR count). The Hall–Kier alpha value is -1.58. The minimum atomic E-state index is -0.298. The van der Waals surface area contributed by atoms with Crippen molar-refractivity contribution < 1.29 is 4.79 Å². The lowest BCUT2D eigenvalue weighted by Gasteiger charge is -2.03. The van der Waals surface area contributed by atoms with Gasteiger partial charge in [-0.2, -0.15) is 0 Å². The Bertz CT molecular complexity index is 371. The van der Waals surface area contributed by atoms with Crippen LogP contribution in [-0.4, -0.2) is 17.4 Å². The Kier molecular flexibility index (Phi) is 4.60. The van der Waals surface area contributed by atoms with Crippen molar-refractivity contribution >= 4 is 5.91 Å². The number of nitrogens with one attached hydrogen (secondary N) is 2. The molecule has 2 N–H and O–H groups in total. The molecule has 0 bridgehead atoms. The number of aromatic nitrogens is 1. The molecule has 1 aromatic heterocycles. The van der Waals surface area contributed by atoms with Gasteiger partial charge in [0, 0.05) is 25.0 Å². The molecule has 0 aliphatic heterocycles. The van der Waals surface area contributed by atoms with Gasteiger partial charge in [0.1, 0.15) is 5.56 Å². The molecule has 82 valence electrons. The third-order valence-corrected chi connectivity index (χ3v) is 2.13. The number of amides is 1. The van der Waals surface area contributed by atoms with E-state index >= 15 is 0 Å². The lowest BCUT2D eigenvalue weighted by molar-refractivity contribution is 0.0951. The van der Waals surface area contributed by atoms with Crippen LogP contribution in [0.1, 0.15) is 36.5 Å². The van der Waals surface area contributed by atoms with Crippen molar-refractivity contribution in [2.75, 3.05) is 6.54 Å². The Balaban J connectivity index is 2.48.